The normalized spacial score (nSPS) is 10.4. The number of nitrogen functional groups attached to an aromatic ring is 1. The van der Waals surface area contributed by atoms with Crippen molar-refractivity contribution in [3.05, 3.63) is 76.5 Å². The van der Waals surface area contributed by atoms with E-state index in [0.29, 0.717) is 17.9 Å². The quantitative estimate of drug-likeness (QED) is 0.120. The molecule has 9 nitrogen and oxygen atoms in total. The van der Waals surface area contributed by atoms with Gasteiger partial charge in [0.1, 0.15) is 11.3 Å². The highest BCUT2D eigenvalue weighted by Crippen LogP contribution is 2.35. The molecule has 35 heavy (non-hydrogen) atoms. The monoisotopic (exact) mass is 479 g/mol. The van der Waals surface area contributed by atoms with Gasteiger partial charge in [-0.05, 0) is 61.0 Å². The van der Waals surface area contributed by atoms with Crippen LogP contribution >= 0.6 is 0 Å². The molecule has 0 fully saturated rings. The first-order chi connectivity index (χ1) is 16.7. The van der Waals surface area contributed by atoms with Gasteiger partial charge in [0, 0.05) is 17.3 Å². The maximum absolute atomic E-state index is 12.1. The lowest BCUT2D eigenvalue weighted by molar-refractivity contribution is 0.0499. The topological polar surface area (TPSA) is 163 Å². The van der Waals surface area contributed by atoms with Crippen molar-refractivity contribution in [2.75, 3.05) is 12.3 Å². The Bertz CT molecular complexity index is 1390. The van der Waals surface area contributed by atoms with Crippen molar-refractivity contribution < 1.29 is 34.4 Å². The van der Waals surface area contributed by atoms with E-state index in [1.54, 1.807) is 24.3 Å². The number of hydrogen-bond acceptors (Lipinski definition) is 9. The number of phenolic OH excluding ortho intramolecular Hbond substituents is 3. The number of phenols is 3. The molecule has 0 aliphatic carbocycles. The van der Waals surface area contributed by atoms with Crippen LogP contribution in [0.15, 0.2) is 69.9 Å². The minimum absolute atomic E-state index is 0.0872. The number of hydrogen-bond donors (Lipinski definition) is 5. The van der Waals surface area contributed by atoms with Crippen molar-refractivity contribution in [1.82, 2.24) is 0 Å². The van der Waals surface area contributed by atoms with Gasteiger partial charge in [0.05, 0.1) is 17.6 Å². The van der Waals surface area contributed by atoms with Crippen LogP contribution in [-0.4, -0.2) is 33.0 Å². The molecule has 0 spiro atoms. The summed E-state index contributed by atoms with van der Waals surface area (Å²) in [5.74, 6) is -1.88. The molecule has 0 amide bonds. The number of ether oxygens (including phenoxy) is 1. The summed E-state index contributed by atoms with van der Waals surface area (Å²) in [6.07, 6.45) is 1.93. The molecule has 4 rings (SSSR count). The Hall–Kier alpha value is -4.66. The van der Waals surface area contributed by atoms with Crippen molar-refractivity contribution >= 4 is 22.6 Å². The number of carbonyl (C=O) groups is 1. The predicted octanol–water partition coefficient (Wildman–Crippen LogP) is 4.51. The summed E-state index contributed by atoms with van der Waals surface area (Å²) in [6, 6.07) is 14.4. The molecule has 0 saturated carbocycles. The Morgan fingerprint density at radius 2 is 1.66 bits per heavy atom. The first-order valence-corrected chi connectivity index (χ1v) is 10.7. The van der Waals surface area contributed by atoms with Crippen LogP contribution in [0.4, 0.5) is 5.69 Å². The summed E-state index contributed by atoms with van der Waals surface area (Å²) in [5, 5.41) is 38.3. The molecule has 0 radical (unpaired) electrons. The summed E-state index contributed by atoms with van der Waals surface area (Å²) < 4.78 is 10.5. The van der Waals surface area contributed by atoms with Crippen molar-refractivity contribution in [1.29, 1.82) is 0 Å². The molecule has 0 aliphatic heterocycles. The zero-order valence-corrected chi connectivity index (χ0v) is 18.9. The smallest absolute Gasteiger partial charge is 0.338 e. The Morgan fingerprint density at radius 3 is 2.31 bits per heavy atom. The average Bonchev–Trinajstić information content (AvgIpc) is 2.84. The highest BCUT2D eigenvalue weighted by atomic mass is 16.5. The van der Waals surface area contributed by atoms with Crippen LogP contribution in [0.3, 0.4) is 0 Å². The molecule has 6 N–H and O–H groups in total. The molecule has 0 unspecified atom stereocenters. The van der Waals surface area contributed by atoms with E-state index in [0.717, 1.165) is 18.9 Å². The standard InChI is InChI=1S/C15H10O6.C11H15NO2/c16-8-2-3-9-12(6-8)21-15(14(20)13(9)19)7-1-4-10(17)11(18)5-7;1-2-3-8-14-11(13)9-4-6-10(12)7-5-9/h1-6,16-18,20H;4-7H,2-3,8,12H2,1H3. The minimum Gasteiger partial charge on any atom is -0.508 e. The molecule has 9 heteroatoms. The zero-order valence-electron chi connectivity index (χ0n) is 18.9. The third-order valence-corrected chi connectivity index (χ3v) is 4.97. The first-order valence-electron chi connectivity index (χ1n) is 10.7. The Morgan fingerprint density at radius 1 is 0.943 bits per heavy atom. The van der Waals surface area contributed by atoms with Gasteiger partial charge in [-0.3, -0.25) is 4.79 Å². The highest BCUT2D eigenvalue weighted by Gasteiger charge is 2.16. The predicted molar refractivity (Wildman–Crippen MR) is 131 cm³/mol. The molecule has 3 aromatic carbocycles. The summed E-state index contributed by atoms with van der Waals surface area (Å²) in [5.41, 5.74) is 6.35. The number of aromatic hydroxyl groups is 4. The van der Waals surface area contributed by atoms with E-state index < -0.39 is 16.9 Å². The Balaban J connectivity index is 0.000000214. The fraction of sp³-hybridized carbons (Fsp3) is 0.154. The molecule has 1 heterocycles. The van der Waals surface area contributed by atoms with Crippen LogP contribution in [0, 0.1) is 0 Å². The first kappa shape index (κ1) is 25.0. The number of unbranched alkanes of at least 4 members (excludes halogenated alkanes) is 1. The fourth-order valence-corrected chi connectivity index (χ4v) is 3.04. The number of esters is 1. The summed E-state index contributed by atoms with van der Waals surface area (Å²) >= 11 is 0. The number of fused-ring (bicyclic) bond motifs is 1. The van der Waals surface area contributed by atoms with Crippen LogP contribution in [0.2, 0.25) is 0 Å². The van der Waals surface area contributed by atoms with Crippen LogP contribution in [0.25, 0.3) is 22.3 Å². The largest absolute Gasteiger partial charge is 0.508 e. The second kappa shape index (κ2) is 11.0. The summed E-state index contributed by atoms with van der Waals surface area (Å²) in [4.78, 5) is 23.4. The minimum atomic E-state index is -0.654. The number of rotatable bonds is 5. The van der Waals surface area contributed by atoms with Gasteiger partial charge in [0.15, 0.2) is 17.3 Å². The summed E-state index contributed by atoms with van der Waals surface area (Å²) in [7, 11) is 0. The third kappa shape index (κ3) is 6.02. The van der Waals surface area contributed by atoms with Gasteiger partial charge in [-0.15, -0.1) is 0 Å². The van der Waals surface area contributed by atoms with Gasteiger partial charge in [0.25, 0.3) is 0 Å². The van der Waals surface area contributed by atoms with Crippen molar-refractivity contribution in [2.45, 2.75) is 19.8 Å². The van der Waals surface area contributed by atoms with E-state index in [1.807, 2.05) is 0 Å². The fourth-order valence-electron chi connectivity index (χ4n) is 3.04. The zero-order chi connectivity index (χ0) is 25.5. The van der Waals surface area contributed by atoms with Crippen molar-refractivity contribution in [3.8, 4) is 34.3 Å². The molecule has 0 aliphatic rings. The Kier molecular flexibility index (Phi) is 7.83. The van der Waals surface area contributed by atoms with E-state index in [-0.39, 0.29) is 39.8 Å². The van der Waals surface area contributed by atoms with E-state index in [1.165, 1.54) is 30.3 Å². The van der Waals surface area contributed by atoms with Crippen LogP contribution < -0.4 is 11.2 Å². The van der Waals surface area contributed by atoms with Gasteiger partial charge < -0.3 is 35.3 Å². The molecule has 182 valence electrons. The maximum atomic E-state index is 12.1. The number of benzene rings is 3. The lowest BCUT2D eigenvalue weighted by Gasteiger charge is -2.07. The summed E-state index contributed by atoms with van der Waals surface area (Å²) in [6.45, 7) is 2.54. The van der Waals surface area contributed by atoms with Crippen LogP contribution in [0.1, 0.15) is 30.1 Å². The SMILES string of the molecule is CCCCOC(=O)c1ccc(N)cc1.O=c1c(O)c(-c2ccc(O)c(O)c2)oc2cc(O)ccc12. The van der Waals surface area contributed by atoms with Gasteiger partial charge in [-0.25, -0.2) is 4.79 Å². The van der Waals surface area contributed by atoms with E-state index >= 15 is 0 Å². The second-order valence-corrected chi connectivity index (χ2v) is 7.60. The molecule has 0 bridgehead atoms. The van der Waals surface area contributed by atoms with E-state index in [2.05, 4.69) is 6.92 Å². The number of carbonyl (C=O) groups excluding carboxylic acids is 1. The molecule has 1 aromatic heterocycles. The van der Waals surface area contributed by atoms with E-state index in [9.17, 15) is 30.0 Å². The second-order valence-electron chi connectivity index (χ2n) is 7.60. The third-order valence-electron chi connectivity index (χ3n) is 4.97. The van der Waals surface area contributed by atoms with Gasteiger partial charge in [-0.1, -0.05) is 13.3 Å². The van der Waals surface area contributed by atoms with Gasteiger partial charge >= 0.3 is 5.97 Å². The molecule has 0 atom stereocenters. The number of anilines is 1. The average molecular weight is 479 g/mol. The molecule has 0 saturated heterocycles. The molecule has 4 aromatic rings. The molecular weight excluding hydrogens is 454 g/mol. The van der Waals surface area contributed by atoms with E-state index in [4.69, 9.17) is 14.9 Å². The molecular formula is C26H25NO8. The van der Waals surface area contributed by atoms with Gasteiger partial charge in [-0.2, -0.15) is 0 Å². The van der Waals surface area contributed by atoms with Crippen molar-refractivity contribution in [3.63, 3.8) is 0 Å². The lowest BCUT2D eigenvalue weighted by atomic mass is 10.1. The highest BCUT2D eigenvalue weighted by molar-refractivity contribution is 5.89. The maximum Gasteiger partial charge on any atom is 0.338 e. The van der Waals surface area contributed by atoms with Crippen LogP contribution in [-0.2, 0) is 4.74 Å². The van der Waals surface area contributed by atoms with Crippen molar-refractivity contribution in [2.24, 2.45) is 0 Å². The van der Waals surface area contributed by atoms with Crippen LogP contribution in [0.5, 0.6) is 23.0 Å². The Labute approximate surface area is 200 Å². The van der Waals surface area contributed by atoms with Gasteiger partial charge in [0.2, 0.25) is 11.2 Å². The number of nitrogens with two attached hydrogens (primary N) is 1. The lowest BCUT2D eigenvalue weighted by Crippen LogP contribution is -2.06.